The summed E-state index contributed by atoms with van der Waals surface area (Å²) < 4.78 is 5.82. The molecule has 2 saturated heterocycles. The van der Waals surface area contributed by atoms with Gasteiger partial charge in [0.15, 0.2) is 0 Å². The number of fused-ring (bicyclic) bond motifs is 1. The molecule has 20 heavy (non-hydrogen) atoms. The molecule has 0 radical (unpaired) electrons. The molecule has 3 aliphatic rings. The molecular formula is C15H27N3O2. The molecule has 0 aromatic rings. The summed E-state index contributed by atoms with van der Waals surface area (Å²) in [6.07, 6.45) is 3.69. The van der Waals surface area contributed by atoms with Crippen molar-refractivity contribution in [3.05, 3.63) is 0 Å². The number of amides is 1. The van der Waals surface area contributed by atoms with Gasteiger partial charge in [-0.3, -0.25) is 9.69 Å². The number of hydrogen-bond donors (Lipinski definition) is 1. The van der Waals surface area contributed by atoms with Crippen LogP contribution in [0.25, 0.3) is 0 Å². The molecule has 2 aliphatic heterocycles. The predicted octanol–water partition coefficient (Wildman–Crippen LogP) is 0.450. The highest BCUT2D eigenvalue weighted by Crippen LogP contribution is 2.32. The number of nitrogens with one attached hydrogen (secondary N) is 1. The molecule has 0 aromatic heterocycles. The molecule has 5 nitrogen and oxygen atoms in total. The Morgan fingerprint density at radius 3 is 2.70 bits per heavy atom. The number of carbonyl (C=O) groups excluding carboxylic acids is 1. The summed E-state index contributed by atoms with van der Waals surface area (Å²) in [5, 5.41) is 3.36. The van der Waals surface area contributed by atoms with Gasteiger partial charge < -0.3 is 15.0 Å². The number of carbonyl (C=O) groups is 1. The van der Waals surface area contributed by atoms with Crippen LogP contribution < -0.4 is 5.32 Å². The van der Waals surface area contributed by atoms with Gasteiger partial charge in [0.05, 0.1) is 24.3 Å². The molecule has 5 heteroatoms. The largest absolute Gasteiger partial charge is 0.374 e. The average Bonchev–Trinajstić information content (AvgIpc) is 2.95. The fourth-order valence-electron chi connectivity index (χ4n) is 3.89. The minimum absolute atomic E-state index is 0.284. The molecule has 2 heterocycles. The predicted molar refractivity (Wildman–Crippen MR) is 77.6 cm³/mol. The number of rotatable bonds is 2. The van der Waals surface area contributed by atoms with Crippen molar-refractivity contribution in [1.29, 1.82) is 0 Å². The van der Waals surface area contributed by atoms with Crippen LogP contribution >= 0.6 is 0 Å². The molecule has 1 aliphatic carbocycles. The summed E-state index contributed by atoms with van der Waals surface area (Å²) >= 11 is 0. The summed E-state index contributed by atoms with van der Waals surface area (Å²) in [4.78, 5) is 17.5. The second kappa shape index (κ2) is 5.62. The molecular weight excluding hydrogens is 254 g/mol. The molecule has 1 amide bonds. The van der Waals surface area contributed by atoms with E-state index in [-0.39, 0.29) is 6.10 Å². The van der Waals surface area contributed by atoms with E-state index < -0.39 is 5.54 Å². The van der Waals surface area contributed by atoms with Gasteiger partial charge in [-0.25, -0.2) is 0 Å². The average molecular weight is 281 g/mol. The lowest BCUT2D eigenvalue weighted by Crippen LogP contribution is -2.64. The lowest BCUT2D eigenvalue weighted by molar-refractivity contribution is -0.155. The first kappa shape index (κ1) is 14.3. The first-order valence-electron chi connectivity index (χ1n) is 7.99. The van der Waals surface area contributed by atoms with Crippen LogP contribution in [0, 0.1) is 0 Å². The van der Waals surface area contributed by atoms with Gasteiger partial charge >= 0.3 is 0 Å². The molecule has 2 unspecified atom stereocenters. The standard InChI is InChI=1S/C15H27N3O2/c1-15(2,17-8-6-16-7-9-17)14(19)18-10-11-20-13-5-3-4-12(13)18/h12-13,16H,3-11H2,1-2H3. The van der Waals surface area contributed by atoms with E-state index in [1.165, 1.54) is 6.42 Å². The van der Waals surface area contributed by atoms with Gasteiger partial charge in [-0.15, -0.1) is 0 Å². The van der Waals surface area contributed by atoms with Gasteiger partial charge in [-0.1, -0.05) is 0 Å². The van der Waals surface area contributed by atoms with Crippen molar-refractivity contribution in [2.45, 2.75) is 50.8 Å². The monoisotopic (exact) mass is 281 g/mol. The van der Waals surface area contributed by atoms with Crippen LogP contribution in [0.3, 0.4) is 0 Å². The zero-order valence-corrected chi connectivity index (χ0v) is 12.7. The third-order valence-electron chi connectivity index (χ3n) is 5.17. The molecule has 0 spiro atoms. The number of ether oxygens (including phenoxy) is 1. The van der Waals surface area contributed by atoms with Gasteiger partial charge in [0.25, 0.3) is 0 Å². The maximum atomic E-state index is 13.1. The Hall–Kier alpha value is -0.650. The summed E-state index contributed by atoms with van der Waals surface area (Å²) in [5.41, 5.74) is -0.396. The van der Waals surface area contributed by atoms with E-state index in [1.807, 2.05) is 0 Å². The van der Waals surface area contributed by atoms with E-state index in [2.05, 4.69) is 29.0 Å². The molecule has 2 atom stereocenters. The van der Waals surface area contributed by atoms with Crippen molar-refractivity contribution in [3.63, 3.8) is 0 Å². The lowest BCUT2D eigenvalue weighted by atomic mass is 9.97. The van der Waals surface area contributed by atoms with Gasteiger partial charge in [0.2, 0.25) is 5.91 Å². The molecule has 0 aromatic carbocycles. The summed E-state index contributed by atoms with van der Waals surface area (Å²) in [6.45, 7) is 9.49. The molecule has 1 N–H and O–H groups in total. The van der Waals surface area contributed by atoms with E-state index in [4.69, 9.17) is 4.74 Å². The molecule has 0 bridgehead atoms. The van der Waals surface area contributed by atoms with Crippen LogP contribution in [0.5, 0.6) is 0 Å². The fourth-order valence-corrected chi connectivity index (χ4v) is 3.89. The van der Waals surface area contributed by atoms with Crippen molar-refractivity contribution >= 4 is 5.91 Å². The maximum Gasteiger partial charge on any atom is 0.242 e. The van der Waals surface area contributed by atoms with E-state index >= 15 is 0 Å². The Labute approximate surface area is 121 Å². The zero-order valence-electron chi connectivity index (χ0n) is 12.7. The number of morpholine rings is 1. The Morgan fingerprint density at radius 1 is 1.20 bits per heavy atom. The lowest BCUT2D eigenvalue weighted by Gasteiger charge is -2.46. The van der Waals surface area contributed by atoms with Gasteiger partial charge in [0, 0.05) is 32.7 Å². The van der Waals surface area contributed by atoms with Gasteiger partial charge in [-0.05, 0) is 33.1 Å². The van der Waals surface area contributed by atoms with Crippen LogP contribution in [-0.4, -0.2) is 72.7 Å². The van der Waals surface area contributed by atoms with Crippen molar-refractivity contribution in [3.8, 4) is 0 Å². The van der Waals surface area contributed by atoms with E-state index in [9.17, 15) is 4.79 Å². The minimum atomic E-state index is -0.396. The van der Waals surface area contributed by atoms with Crippen LogP contribution in [0.1, 0.15) is 33.1 Å². The SMILES string of the molecule is CC(C)(C(=O)N1CCOC2CCCC21)N1CCNCC1. The van der Waals surface area contributed by atoms with Crippen molar-refractivity contribution in [2.75, 3.05) is 39.3 Å². The van der Waals surface area contributed by atoms with E-state index in [0.29, 0.717) is 18.6 Å². The normalized spacial score (nSPS) is 32.2. The number of piperazine rings is 1. The third-order valence-corrected chi connectivity index (χ3v) is 5.17. The molecule has 3 fully saturated rings. The molecule has 1 saturated carbocycles. The summed E-state index contributed by atoms with van der Waals surface area (Å²) in [6, 6.07) is 0.318. The highest BCUT2D eigenvalue weighted by molar-refractivity contribution is 5.86. The highest BCUT2D eigenvalue weighted by Gasteiger charge is 2.45. The van der Waals surface area contributed by atoms with E-state index in [1.54, 1.807) is 0 Å². The van der Waals surface area contributed by atoms with Crippen LogP contribution in [-0.2, 0) is 9.53 Å². The molecule has 114 valence electrons. The number of nitrogens with zero attached hydrogens (tertiary/aromatic N) is 2. The molecule has 3 rings (SSSR count). The smallest absolute Gasteiger partial charge is 0.242 e. The minimum Gasteiger partial charge on any atom is -0.374 e. The highest BCUT2D eigenvalue weighted by atomic mass is 16.5. The van der Waals surface area contributed by atoms with Crippen LogP contribution in [0.4, 0.5) is 0 Å². The second-order valence-electron chi connectivity index (χ2n) is 6.70. The number of hydrogen-bond acceptors (Lipinski definition) is 4. The van der Waals surface area contributed by atoms with Crippen molar-refractivity contribution < 1.29 is 9.53 Å². The topological polar surface area (TPSA) is 44.8 Å². The van der Waals surface area contributed by atoms with Gasteiger partial charge in [0.1, 0.15) is 0 Å². The Balaban J connectivity index is 1.72. The zero-order chi connectivity index (χ0) is 14.2. The van der Waals surface area contributed by atoms with Crippen LogP contribution in [0.2, 0.25) is 0 Å². The fraction of sp³-hybridized carbons (Fsp3) is 0.933. The third kappa shape index (κ3) is 2.47. The quantitative estimate of drug-likeness (QED) is 0.798. The van der Waals surface area contributed by atoms with Crippen molar-refractivity contribution in [1.82, 2.24) is 15.1 Å². The first-order chi connectivity index (χ1) is 9.60. The summed E-state index contributed by atoms with van der Waals surface area (Å²) in [5.74, 6) is 0.291. The van der Waals surface area contributed by atoms with Crippen molar-refractivity contribution in [2.24, 2.45) is 0 Å². The van der Waals surface area contributed by atoms with Gasteiger partial charge in [-0.2, -0.15) is 0 Å². The van der Waals surface area contributed by atoms with Crippen LogP contribution in [0.15, 0.2) is 0 Å². The first-order valence-corrected chi connectivity index (χ1v) is 7.99. The Bertz CT molecular complexity index is 366. The maximum absolute atomic E-state index is 13.1. The Kier molecular flexibility index (Phi) is 4.02. The summed E-state index contributed by atoms with van der Waals surface area (Å²) in [7, 11) is 0. The second-order valence-corrected chi connectivity index (χ2v) is 6.70. The van der Waals surface area contributed by atoms with E-state index in [0.717, 1.165) is 45.6 Å². The Morgan fingerprint density at radius 2 is 1.95 bits per heavy atom.